The maximum absolute atomic E-state index is 12.2. The fourth-order valence-corrected chi connectivity index (χ4v) is 4.49. The number of hydrogen-bond donors (Lipinski definition) is 3. The lowest BCUT2D eigenvalue weighted by Crippen LogP contribution is -2.31. The monoisotopic (exact) mass is 429 g/mol. The van der Waals surface area contributed by atoms with Gasteiger partial charge in [-0.05, 0) is 38.5 Å². The van der Waals surface area contributed by atoms with Crippen molar-refractivity contribution >= 4 is 34.7 Å². The summed E-state index contributed by atoms with van der Waals surface area (Å²) in [5.74, 6) is 2.19. The van der Waals surface area contributed by atoms with Gasteiger partial charge in [-0.3, -0.25) is 4.79 Å². The SMILES string of the molecule is Cc1nc2c([nH]1)CCN(c1nccn3nc(Nc4ccc5c(c4)NC(=O)C5(C)C)nc13)C2. The maximum Gasteiger partial charge on any atom is 0.247 e. The van der Waals surface area contributed by atoms with Gasteiger partial charge in [0.2, 0.25) is 11.9 Å². The van der Waals surface area contributed by atoms with E-state index in [4.69, 9.17) is 4.98 Å². The molecule has 0 aliphatic carbocycles. The van der Waals surface area contributed by atoms with Crippen LogP contribution < -0.4 is 15.5 Å². The van der Waals surface area contributed by atoms with Crippen LogP contribution in [0.2, 0.25) is 0 Å². The molecule has 10 nitrogen and oxygen atoms in total. The molecule has 0 unspecified atom stereocenters. The molecule has 4 aromatic rings. The number of carbonyl (C=O) groups is 1. The summed E-state index contributed by atoms with van der Waals surface area (Å²) in [4.78, 5) is 31.6. The molecular weight excluding hydrogens is 406 g/mol. The van der Waals surface area contributed by atoms with Gasteiger partial charge in [-0.15, -0.1) is 5.10 Å². The Labute approximate surface area is 184 Å². The summed E-state index contributed by atoms with van der Waals surface area (Å²) in [6.45, 7) is 7.34. The maximum atomic E-state index is 12.2. The number of amides is 1. The summed E-state index contributed by atoms with van der Waals surface area (Å²) >= 11 is 0. The molecule has 32 heavy (non-hydrogen) atoms. The lowest BCUT2D eigenvalue weighted by Gasteiger charge is -2.26. The van der Waals surface area contributed by atoms with Crippen LogP contribution in [0.1, 0.15) is 36.6 Å². The van der Waals surface area contributed by atoms with Crippen LogP contribution in [0, 0.1) is 6.92 Å². The summed E-state index contributed by atoms with van der Waals surface area (Å²) in [6.07, 6.45) is 4.41. The van der Waals surface area contributed by atoms with Gasteiger partial charge in [-0.25, -0.2) is 14.5 Å². The van der Waals surface area contributed by atoms with Crippen molar-refractivity contribution in [2.24, 2.45) is 0 Å². The van der Waals surface area contributed by atoms with Gasteiger partial charge in [-0.1, -0.05) is 6.07 Å². The molecule has 0 saturated heterocycles. The van der Waals surface area contributed by atoms with Gasteiger partial charge in [-0.2, -0.15) is 4.98 Å². The normalized spacial score (nSPS) is 16.7. The van der Waals surface area contributed by atoms with Crippen LogP contribution >= 0.6 is 0 Å². The number of aromatic amines is 1. The van der Waals surface area contributed by atoms with E-state index in [0.717, 1.165) is 47.2 Å². The van der Waals surface area contributed by atoms with Gasteiger partial charge in [0.25, 0.3) is 0 Å². The average molecular weight is 429 g/mol. The summed E-state index contributed by atoms with van der Waals surface area (Å²) in [5, 5.41) is 10.8. The highest BCUT2D eigenvalue weighted by Crippen LogP contribution is 2.39. The number of carbonyl (C=O) groups excluding carboxylic acids is 1. The fourth-order valence-electron chi connectivity index (χ4n) is 4.49. The molecule has 2 aliphatic heterocycles. The lowest BCUT2D eigenvalue weighted by atomic mass is 9.86. The highest BCUT2D eigenvalue weighted by Gasteiger charge is 2.38. The van der Waals surface area contributed by atoms with Crippen molar-refractivity contribution in [1.82, 2.24) is 29.5 Å². The Morgan fingerprint density at radius 1 is 1.22 bits per heavy atom. The first kappa shape index (κ1) is 18.8. The van der Waals surface area contributed by atoms with Crippen molar-refractivity contribution in [1.29, 1.82) is 0 Å². The number of aryl methyl sites for hydroxylation is 1. The number of H-pyrrole nitrogens is 1. The van der Waals surface area contributed by atoms with Gasteiger partial charge in [0.1, 0.15) is 5.82 Å². The zero-order valence-electron chi connectivity index (χ0n) is 18.1. The van der Waals surface area contributed by atoms with Crippen molar-refractivity contribution in [3.63, 3.8) is 0 Å². The van der Waals surface area contributed by atoms with Gasteiger partial charge in [0.05, 0.1) is 17.7 Å². The zero-order chi connectivity index (χ0) is 22.0. The Morgan fingerprint density at radius 3 is 2.97 bits per heavy atom. The van der Waals surface area contributed by atoms with Crippen LogP contribution in [-0.2, 0) is 23.2 Å². The predicted molar refractivity (Wildman–Crippen MR) is 120 cm³/mol. The Kier molecular flexibility index (Phi) is 3.83. The predicted octanol–water partition coefficient (Wildman–Crippen LogP) is 2.69. The topological polar surface area (TPSA) is 116 Å². The Hall–Kier alpha value is -3.95. The Morgan fingerprint density at radius 2 is 2.09 bits per heavy atom. The number of rotatable bonds is 3. The lowest BCUT2D eigenvalue weighted by molar-refractivity contribution is -0.119. The average Bonchev–Trinajstić information content (AvgIpc) is 3.40. The molecule has 2 aliphatic rings. The Bertz CT molecular complexity index is 1380. The van der Waals surface area contributed by atoms with Crippen LogP contribution in [0.4, 0.5) is 23.1 Å². The van der Waals surface area contributed by atoms with E-state index in [9.17, 15) is 4.79 Å². The van der Waals surface area contributed by atoms with Gasteiger partial charge in [0.15, 0.2) is 11.5 Å². The summed E-state index contributed by atoms with van der Waals surface area (Å²) in [7, 11) is 0. The van der Waals surface area contributed by atoms with Gasteiger partial charge < -0.3 is 20.5 Å². The highest BCUT2D eigenvalue weighted by atomic mass is 16.2. The number of nitrogens with one attached hydrogen (secondary N) is 3. The molecule has 3 aromatic heterocycles. The van der Waals surface area contributed by atoms with Crippen molar-refractivity contribution in [2.45, 2.75) is 39.2 Å². The zero-order valence-corrected chi connectivity index (χ0v) is 18.1. The van der Waals surface area contributed by atoms with Crippen LogP contribution in [0.5, 0.6) is 0 Å². The second-order valence-corrected chi connectivity index (χ2v) is 8.84. The number of fused-ring (bicyclic) bond motifs is 3. The first-order valence-corrected chi connectivity index (χ1v) is 10.6. The van der Waals surface area contributed by atoms with Crippen molar-refractivity contribution in [3.05, 3.63) is 53.4 Å². The molecule has 3 N–H and O–H groups in total. The summed E-state index contributed by atoms with van der Waals surface area (Å²) in [6, 6.07) is 5.83. The van der Waals surface area contributed by atoms with E-state index in [0.29, 0.717) is 18.1 Å². The third-order valence-electron chi connectivity index (χ3n) is 6.26. The molecule has 6 rings (SSSR count). The smallest absolute Gasteiger partial charge is 0.247 e. The number of benzene rings is 1. The molecule has 1 aromatic carbocycles. The molecular formula is C22H23N9O. The number of nitrogens with zero attached hydrogens (tertiary/aromatic N) is 6. The summed E-state index contributed by atoms with van der Waals surface area (Å²) < 4.78 is 1.73. The molecule has 0 fully saturated rings. The first-order chi connectivity index (χ1) is 15.4. The van der Waals surface area contributed by atoms with E-state index in [-0.39, 0.29) is 5.91 Å². The van der Waals surface area contributed by atoms with E-state index < -0.39 is 5.41 Å². The minimum absolute atomic E-state index is 0.00279. The van der Waals surface area contributed by atoms with Crippen molar-refractivity contribution in [3.8, 4) is 0 Å². The summed E-state index contributed by atoms with van der Waals surface area (Å²) in [5.41, 5.74) is 5.01. The van der Waals surface area contributed by atoms with Crippen molar-refractivity contribution < 1.29 is 4.79 Å². The molecule has 0 saturated carbocycles. The standard InChI is InChI=1S/C22H23N9O/c1-12-24-15-6-8-30(11-17(15)25-12)18-19-28-21(29-31(19)9-7-23-18)26-13-4-5-14-16(10-13)27-20(32)22(14,2)3/h4-5,7,9-10H,6,8,11H2,1-3H3,(H,24,25)(H,26,29)(H,27,32). The third kappa shape index (κ3) is 2.83. The fraction of sp³-hybridized carbons (Fsp3) is 0.318. The van der Waals surface area contributed by atoms with Crippen LogP contribution in [0.3, 0.4) is 0 Å². The number of aromatic nitrogens is 6. The highest BCUT2D eigenvalue weighted by molar-refractivity contribution is 6.06. The van der Waals surface area contributed by atoms with E-state index >= 15 is 0 Å². The number of hydrogen-bond acceptors (Lipinski definition) is 7. The molecule has 0 spiro atoms. The van der Waals surface area contributed by atoms with E-state index in [2.05, 4.69) is 35.6 Å². The molecule has 0 radical (unpaired) electrons. The van der Waals surface area contributed by atoms with Crippen molar-refractivity contribution in [2.75, 3.05) is 22.1 Å². The number of imidazole rings is 1. The first-order valence-electron chi connectivity index (χ1n) is 10.6. The molecule has 1 amide bonds. The molecule has 5 heterocycles. The molecule has 10 heteroatoms. The third-order valence-corrected chi connectivity index (χ3v) is 6.26. The van der Waals surface area contributed by atoms with E-state index in [1.807, 2.05) is 39.0 Å². The largest absolute Gasteiger partial charge is 0.347 e. The second-order valence-electron chi connectivity index (χ2n) is 8.84. The minimum atomic E-state index is -0.531. The van der Waals surface area contributed by atoms with Crippen LogP contribution in [-0.4, -0.2) is 42.0 Å². The quantitative estimate of drug-likeness (QED) is 0.458. The molecule has 0 bridgehead atoms. The Balaban J connectivity index is 1.30. The van der Waals surface area contributed by atoms with Crippen LogP contribution in [0.25, 0.3) is 5.65 Å². The second kappa shape index (κ2) is 6.52. The van der Waals surface area contributed by atoms with Gasteiger partial charge >= 0.3 is 0 Å². The van der Waals surface area contributed by atoms with Crippen LogP contribution in [0.15, 0.2) is 30.6 Å². The van der Waals surface area contributed by atoms with E-state index in [1.165, 1.54) is 5.69 Å². The van der Waals surface area contributed by atoms with Gasteiger partial charge in [0, 0.05) is 42.4 Å². The molecule has 0 atom stereocenters. The molecule has 162 valence electrons. The number of anilines is 4. The van der Waals surface area contributed by atoms with E-state index in [1.54, 1.807) is 16.9 Å². The minimum Gasteiger partial charge on any atom is -0.347 e.